The molecular formula is C9H12O4. The van der Waals surface area contributed by atoms with Gasteiger partial charge in [-0.1, -0.05) is 6.58 Å². The Morgan fingerprint density at radius 3 is 2.77 bits per heavy atom. The molecule has 0 bridgehead atoms. The second kappa shape index (κ2) is 7.12. The van der Waals surface area contributed by atoms with Crippen LogP contribution in [0.3, 0.4) is 0 Å². The number of hydrogen-bond acceptors (Lipinski definition) is 3. The molecule has 0 radical (unpaired) electrons. The van der Waals surface area contributed by atoms with Crippen molar-refractivity contribution in [2.24, 2.45) is 0 Å². The lowest BCUT2D eigenvalue weighted by Crippen LogP contribution is -1.82. The van der Waals surface area contributed by atoms with Gasteiger partial charge < -0.3 is 14.3 Å². The molecule has 1 N–H and O–H groups in total. The van der Waals surface area contributed by atoms with Crippen molar-refractivity contribution in [2.75, 3.05) is 7.11 Å². The summed E-state index contributed by atoms with van der Waals surface area (Å²) in [4.78, 5) is 9.25. The Balaban J connectivity index is 0.000000252. The highest BCUT2D eigenvalue weighted by atomic mass is 16.5. The molecule has 1 aromatic heterocycles. The standard InChI is InChI=1S/C6H8O2.C3H4O2/c1-7-5-6-3-2-4-8-6;1-2-3(4)5/h2-4H,5H2,1H3;2H,1H2,(H,4,5). The fourth-order valence-electron chi connectivity index (χ4n) is 0.537. The maximum Gasteiger partial charge on any atom is 0.327 e. The third-order valence-electron chi connectivity index (χ3n) is 1.04. The van der Waals surface area contributed by atoms with Gasteiger partial charge in [-0.25, -0.2) is 4.79 Å². The maximum absolute atomic E-state index is 9.25. The molecule has 0 aliphatic carbocycles. The van der Waals surface area contributed by atoms with Crippen molar-refractivity contribution in [3.8, 4) is 0 Å². The molecule has 0 saturated carbocycles. The highest BCUT2D eigenvalue weighted by molar-refractivity contribution is 5.78. The van der Waals surface area contributed by atoms with E-state index in [1.54, 1.807) is 13.4 Å². The fraction of sp³-hybridized carbons (Fsp3) is 0.222. The number of carbonyl (C=O) groups is 1. The number of rotatable bonds is 3. The van der Waals surface area contributed by atoms with Gasteiger partial charge in [-0.15, -0.1) is 0 Å². The average Bonchev–Trinajstić information content (AvgIpc) is 2.59. The first-order chi connectivity index (χ1) is 6.20. The van der Waals surface area contributed by atoms with Crippen LogP contribution in [0.2, 0.25) is 0 Å². The molecular weight excluding hydrogens is 172 g/mol. The molecule has 0 spiro atoms. The largest absolute Gasteiger partial charge is 0.478 e. The topological polar surface area (TPSA) is 59.7 Å². The van der Waals surface area contributed by atoms with Crippen molar-refractivity contribution in [1.29, 1.82) is 0 Å². The van der Waals surface area contributed by atoms with Crippen molar-refractivity contribution in [3.63, 3.8) is 0 Å². The molecule has 0 fully saturated rings. The molecule has 72 valence electrons. The van der Waals surface area contributed by atoms with Crippen LogP contribution in [0.4, 0.5) is 0 Å². The average molecular weight is 184 g/mol. The molecule has 0 unspecified atom stereocenters. The van der Waals surface area contributed by atoms with Crippen LogP contribution in [0, 0.1) is 0 Å². The Hall–Kier alpha value is -1.55. The van der Waals surface area contributed by atoms with E-state index in [0.29, 0.717) is 6.61 Å². The van der Waals surface area contributed by atoms with Crippen molar-refractivity contribution < 1.29 is 19.1 Å². The van der Waals surface area contributed by atoms with Gasteiger partial charge >= 0.3 is 5.97 Å². The maximum atomic E-state index is 9.25. The van der Waals surface area contributed by atoms with Crippen molar-refractivity contribution in [3.05, 3.63) is 36.8 Å². The summed E-state index contributed by atoms with van der Waals surface area (Å²) >= 11 is 0. The van der Waals surface area contributed by atoms with Gasteiger partial charge in [-0.2, -0.15) is 0 Å². The van der Waals surface area contributed by atoms with E-state index in [4.69, 9.17) is 14.3 Å². The minimum absolute atomic E-state index is 0.562. The zero-order valence-electron chi connectivity index (χ0n) is 7.40. The van der Waals surface area contributed by atoms with Gasteiger partial charge in [-0.3, -0.25) is 0 Å². The molecule has 0 aromatic carbocycles. The normalized spacial score (nSPS) is 8.38. The second-order valence-corrected chi connectivity index (χ2v) is 2.05. The van der Waals surface area contributed by atoms with Crippen LogP contribution in [0.25, 0.3) is 0 Å². The minimum atomic E-state index is -0.981. The van der Waals surface area contributed by atoms with Gasteiger partial charge in [0.1, 0.15) is 12.4 Å². The second-order valence-electron chi connectivity index (χ2n) is 2.05. The van der Waals surface area contributed by atoms with Crippen LogP contribution < -0.4 is 0 Å². The van der Waals surface area contributed by atoms with E-state index >= 15 is 0 Å². The van der Waals surface area contributed by atoms with E-state index in [2.05, 4.69) is 6.58 Å². The Morgan fingerprint density at radius 1 is 1.85 bits per heavy atom. The van der Waals surface area contributed by atoms with Crippen LogP contribution in [0.1, 0.15) is 5.76 Å². The summed E-state index contributed by atoms with van der Waals surface area (Å²) in [5, 5.41) is 7.60. The van der Waals surface area contributed by atoms with E-state index in [1.165, 1.54) is 0 Å². The summed E-state index contributed by atoms with van der Waals surface area (Å²) in [5.41, 5.74) is 0. The fourth-order valence-corrected chi connectivity index (χ4v) is 0.537. The summed E-state index contributed by atoms with van der Waals surface area (Å²) in [5.74, 6) is -0.113. The third-order valence-corrected chi connectivity index (χ3v) is 1.04. The number of carboxylic acids is 1. The van der Waals surface area contributed by atoms with Crippen molar-refractivity contribution in [2.45, 2.75) is 6.61 Å². The van der Waals surface area contributed by atoms with E-state index in [-0.39, 0.29) is 0 Å². The zero-order chi connectivity index (χ0) is 10.1. The number of methoxy groups -OCH3 is 1. The Labute approximate surface area is 76.4 Å². The molecule has 0 amide bonds. The molecule has 1 rings (SSSR count). The summed E-state index contributed by atoms with van der Waals surface area (Å²) in [6.45, 7) is 3.52. The summed E-state index contributed by atoms with van der Waals surface area (Å²) in [6.07, 6.45) is 2.47. The van der Waals surface area contributed by atoms with Gasteiger partial charge in [0.15, 0.2) is 0 Å². The van der Waals surface area contributed by atoms with Gasteiger partial charge in [0.05, 0.1) is 6.26 Å². The van der Waals surface area contributed by atoms with Crippen LogP contribution in [0.15, 0.2) is 35.5 Å². The lowest BCUT2D eigenvalue weighted by molar-refractivity contribution is -0.131. The first kappa shape index (κ1) is 11.4. The SMILES string of the molecule is C=CC(=O)O.COCc1ccco1. The first-order valence-electron chi connectivity index (χ1n) is 3.57. The van der Waals surface area contributed by atoms with E-state index < -0.39 is 5.97 Å². The Kier molecular flexibility index (Phi) is 6.27. The summed E-state index contributed by atoms with van der Waals surface area (Å²) < 4.78 is 9.74. The Morgan fingerprint density at radius 2 is 2.46 bits per heavy atom. The van der Waals surface area contributed by atoms with E-state index in [9.17, 15) is 4.79 Å². The summed E-state index contributed by atoms with van der Waals surface area (Å²) in [6, 6.07) is 3.72. The minimum Gasteiger partial charge on any atom is -0.478 e. The van der Waals surface area contributed by atoms with Crippen molar-refractivity contribution in [1.82, 2.24) is 0 Å². The Bertz CT molecular complexity index is 238. The summed E-state index contributed by atoms with van der Waals surface area (Å²) in [7, 11) is 1.64. The number of furan rings is 1. The number of aliphatic carboxylic acids is 1. The van der Waals surface area contributed by atoms with Crippen LogP contribution >= 0.6 is 0 Å². The number of hydrogen-bond donors (Lipinski definition) is 1. The number of ether oxygens (including phenoxy) is 1. The van der Waals surface area contributed by atoms with Gasteiger partial charge in [0.25, 0.3) is 0 Å². The van der Waals surface area contributed by atoms with Crippen molar-refractivity contribution >= 4 is 5.97 Å². The van der Waals surface area contributed by atoms with E-state index in [0.717, 1.165) is 11.8 Å². The predicted molar refractivity (Wildman–Crippen MR) is 47.3 cm³/mol. The molecule has 13 heavy (non-hydrogen) atoms. The lowest BCUT2D eigenvalue weighted by Gasteiger charge is -1.88. The highest BCUT2D eigenvalue weighted by Crippen LogP contribution is 1.99. The van der Waals surface area contributed by atoms with Crippen LogP contribution in [0.5, 0.6) is 0 Å². The molecule has 0 aliphatic rings. The van der Waals surface area contributed by atoms with Gasteiger partial charge in [0, 0.05) is 13.2 Å². The zero-order valence-corrected chi connectivity index (χ0v) is 7.40. The molecule has 1 aromatic rings. The molecule has 1 heterocycles. The van der Waals surface area contributed by atoms with Gasteiger partial charge in [0.2, 0.25) is 0 Å². The monoisotopic (exact) mass is 184 g/mol. The quantitative estimate of drug-likeness (QED) is 0.726. The van der Waals surface area contributed by atoms with E-state index in [1.807, 2.05) is 12.1 Å². The molecule has 0 aliphatic heterocycles. The van der Waals surface area contributed by atoms with Crippen LogP contribution in [-0.2, 0) is 16.1 Å². The highest BCUT2D eigenvalue weighted by Gasteiger charge is 1.89. The lowest BCUT2D eigenvalue weighted by atomic mass is 10.5. The predicted octanol–water partition coefficient (Wildman–Crippen LogP) is 1.68. The smallest absolute Gasteiger partial charge is 0.327 e. The molecule has 4 heteroatoms. The van der Waals surface area contributed by atoms with Crippen LogP contribution in [-0.4, -0.2) is 18.2 Å². The van der Waals surface area contributed by atoms with Gasteiger partial charge in [-0.05, 0) is 12.1 Å². The number of carboxylic acid groups (broad SMARTS) is 1. The first-order valence-corrected chi connectivity index (χ1v) is 3.57. The molecule has 0 saturated heterocycles. The molecule has 0 atom stereocenters. The third kappa shape index (κ3) is 6.83. The molecule has 4 nitrogen and oxygen atoms in total.